The normalized spacial score (nSPS) is 10.8. The van der Waals surface area contributed by atoms with Crippen LogP contribution >= 0.6 is 0 Å². The quantitative estimate of drug-likeness (QED) is 0.498. The molecule has 2 aromatic heterocycles. The zero-order chi connectivity index (χ0) is 21.4. The monoisotopic (exact) mass is 404 g/mol. The van der Waals surface area contributed by atoms with E-state index in [1.165, 1.54) is 13.1 Å². The predicted molar refractivity (Wildman–Crippen MR) is 112 cm³/mol. The predicted octanol–water partition coefficient (Wildman–Crippen LogP) is 1.48. The Labute approximate surface area is 168 Å². The molecule has 0 radical (unpaired) electrons. The maximum absolute atomic E-state index is 12.8. The number of nitrogens with zero attached hydrogens (tertiary/aromatic N) is 2. The third-order valence-corrected chi connectivity index (χ3v) is 4.63. The van der Waals surface area contributed by atoms with Gasteiger partial charge in [-0.3, -0.25) is 14.2 Å². The number of carbonyl (C=O) groups excluding carboxylic acids is 1. The topological polar surface area (TPSA) is 129 Å². The number of fused-ring (bicyclic) bond motifs is 1. The molecule has 0 bridgehead atoms. The summed E-state index contributed by atoms with van der Waals surface area (Å²) in [6, 6.07) is 16.5. The zero-order valence-electron chi connectivity index (χ0n) is 15.8. The largest absolute Gasteiger partial charge is 0.422 e. The Balaban J connectivity index is 1.84. The number of hydrogen-bond donors (Lipinski definition) is 2. The van der Waals surface area contributed by atoms with E-state index in [0.29, 0.717) is 16.7 Å². The van der Waals surface area contributed by atoms with Crippen molar-refractivity contribution in [3.8, 4) is 5.69 Å². The fourth-order valence-electron chi connectivity index (χ4n) is 3.07. The van der Waals surface area contributed by atoms with Gasteiger partial charge in [0.25, 0.3) is 11.5 Å². The maximum atomic E-state index is 12.8. The third kappa shape index (κ3) is 3.08. The minimum Gasteiger partial charge on any atom is -0.422 e. The lowest BCUT2D eigenvalue weighted by atomic mass is 10.2. The molecule has 2 aromatic carbocycles. The van der Waals surface area contributed by atoms with Crippen molar-refractivity contribution in [1.82, 2.24) is 9.13 Å². The molecule has 0 saturated carbocycles. The molecule has 0 atom stereocenters. The summed E-state index contributed by atoms with van der Waals surface area (Å²) in [5.74, 6) is -1.13. The maximum Gasteiger partial charge on any atom is 0.349 e. The Bertz CT molecular complexity index is 1470. The van der Waals surface area contributed by atoms with Crippen molar-refractivity contribution in [2.45, 2.75) is 0 Å². The van der Waals surface area contributed by atoms with Crippen LogP contribution in [0, 0.1) is 0 Å². The summed E-state index contributed by atoms with van der Waals surface area (Å²) >= 11 is 0. The second kappa shape index (κ2) is 7.21. The molecule has 0 aliphatic carbocycles. The molecule has 9 heteroatoms. The summed E-state index contributed by atoms with van der Waals surface area (Å²) in [6.45, 7) is 0. The number of carbonyl (C=O) groups is 1. The average molecular weight is 404 g/mol. The van der Waals surface area contributed by atoms with Gasteiger partial charge in [-0.05, 0) is 24.3 Å². The number of benzene rings is 2. The van der Waals surface area contributed by atoms with E-state index in [9.17, 15) is 19.2 Å². The molecular formula is C21H16N4O5. The van der Waals surface area contributed by atoms with Crippen LogP contribution in [0.4, 0.5) is 11.5 Å². The first kappa shape index (κ1) is 18.9. The fourth-order valence-corrected chi connectivity index (χ4v) is 3.07. The molecule has 4 aromatic rings. The van der Waals surface area contributed by atoms with E-state index in [-0.39, 0.29) is 17.1 Å². The summed E-state index contributed by atoms with van der Waals surface area (Å²) in [6.07, 6.45) is 0. The highest BCUT2D eigenvalue weighted by Crippen LogP contribution is 2.18. The lowest BCUT2D eigenvalue weighted by Gasteiger charge is -2.15. The van der Waals surface area contributed by atoms with Crippen LogP contribution in [0.15, 0.2) is 79.5 Å². The minimum atomic E-state index is -0.878. The van der Waals surface area contributed by atoms with E-state index in [1.54, 1.807) is 54.6 Å². The first-order valence-electron chi connectivity index (χ1n) is 8.89. The van der Waals surface area contributed by atoms with Crippen molar-refractivity contribution in [3.05, 3.63) is 97.5 Å². The Morgan fingerprint density at radius 3 is 2.40 bits per heavy atom. The summed E-state index contributed by atoms with van der Waals surface area (Å²) in [7, 11) is 1.27. The van der Waals surface area contributed by atoms with Gasteiger partial charge in [-0.25, -0.2) is 14.2 Å². The molecule has 0 spiro atoms. The lowest BCUT2D eigenvalue weighted by molar-refractivity contribution is 0.102. The van der Waals surface area contributed by atoms with Gasteiger partial charge in [0, 0.05) is 12.4 Å². The number of anilines is 2. The zero-order valence-corrected chi connectivity index (χ0v) is 15.8. The minimum absolute atomic E-state index is 0.257. The lowest BCUT2D eigenvalue weighted by Crippen LogP contribution is -2.41. The van der Waals surface area contributed by atoms with Crippen LogP contribution < -0.4 is 27.9 Å². The second-order valence-corrected chi connectivity index (χ2v) is 6.52. The fraction of sp³-hybridized carbons (Fsp3) is 0.0476. The number of nitrogen functional groups attached to an aromatic ring is 1. The SMILES string of the molecule is Cn1c(=O)c(NC(=O)c2cc3ccccc3oc2=O)c(N)n(-c2ccccc2)c1=O. The Morgan fingerprint density at radius 1 is 1.00 bits per heavy atom. The van der Waals surface area contributed by atoms with Gasteiger partial charge in [-0.1, -0.05) is 36.4 Å². The number of amides is 1. The number of para-hydroxylation sites is 2. The van der Waals surface area contributed by atoms with Gasteiger partial charge in [-0.2, -0.15) is 0 Å². The first-order valence-corrected chi connectivity index (χ1v) is 8.89. The molecule has 9 nitrogen and oxygen atoms in total. The smallest absolute Gasteiger partial charge is 0.349 e. The van der Waals surface area contributed by atoms with Gasteiger partial charge in [0.2, 0.25) is 0 Å². The Hall–Kier alpha value is -4.40. The molecule has 1 amide bonds. The van der Waals surface area contributed by atoms with E-state index in [2.05, 4.69) is 5.32 Å². The van der Waals surface area contributed by atoms with E-state index in [4.69, 9.17) is 10.2 Å². The molecule has 0 saturated heterocycles. The molecule has 0 fully saturated rings. The molecule has 0 aliphatic heterocycles. The van der Waals surface area contributed by atoms with E-state index >= 15 is 0 Å². The molecule has 150 valence electrons. The van der Waals surface area contributed by atoms with Crippen LogP contribution in [0.25, 0.3) is 16.7 Å². The summed E-state index contributed by atoms with van der Waals surface area (Å²) in [5, 5.41) is 2.90. The van der Waals surface area contributed by atoms with Crippen molar-refractivity contribution in [1.29, 1.82) is 0 Å². The van der Waals surface area contributed by atoms with E-state index in [1.807, 2.05) is 0 Å². The van der Waals surface area contributed by atoms with Crippen molar-refractivity contribution in [3.63, 3.8) is 0 Å². The molecule has 0 aliphatic rings. The molecular weight excluding hydrogens is 388 g/mol. The molecule has 3 N–H and O–H groups in total. The third-order valence-electron chi connectivity index (χ3n) is 4.63. The molecule has 0 unspecified atom stereocenters. The highest BCUT2D eigenvalue weighted by molar-refractivity contribution is 6.06. The first-order chi connectivity index (χ1) is 14.4. The standard InChI is InChI=1S/C21H16N4O5/c1-24-19(27)16(17(22)25(21(24)29)13-8-3-2-4-9-13)23-18(26)14-11-12-7-5-6-10-15(12)30-20(14)28/h2-11H,22H2,1H3,(H,23,26). The van der Waals surface area contributed by atoms with Crippen molar-refractivity contribution >= 4 is 28.4 Å². The summed E-state index contributed by atoms with van der Waals surface area (Å²) in [5.41, 5.74) is 3.85. The number of rotatable bonds is 3. The van der Waals surface area contributed by atoms with E-state index in [0.717, 1.165) is 9.13 Å². The van der Waals surface area contributed by atoms with Gasteiger partial charge < -0.3 is 15.5 Å². The van der Waals surface area contributed by atoms with Gasteiger partial charge in [0.15, 0.2) is 0 Å². The number of nitrogens with one attached hydrogen (secondary N) is 1. The number of nitrogens with two attached hydrogens (primary N) is 1. The highest BCUT2D eigenvalue weighted by atomic mass is 16.4. The highest BCUT2D eigenvalue weighted by Gasteiger charge is 2.21. The number of hydrogen-bond acceptors (Lipinski definition) is 6. The van der Waals surface area contributed by atoms with Gasteiger partial charge in [-0.15, -0.1) is 0 Å². The average Bonchev–Trinajstić information content (AvgIpc) is 2.75. The molecule has 4 rings (SSSR count). The van der Waals surface area contributed by atoms with Crippen LogP contribution in [0.2, 0.25) is 0 Å². The van der Waals surface area contributed by atoms with Crippen LogP contribution in [0.1, 0.15) is 10.4 Å². The van der Waals surface area contributed by atoms with Crippen molar-refractivity contribution in [2.24, 2.45) is 7.05 Å². The molecule has 2 heterocycles. The van der Waals surface area contributed by atoms with Gasteiger partial charge in [0.1, 0.15) is 22.7 Å². The Kier molecular flexibility index (Phi) is 4.55. The second-order valence-electron chi connectivity index (χ2n) is 6.52. The van der Waals surface area contributed by atoms with Crippen molar-refractivity contribution < 1.29 is 9.21 Å². The van der Waals surface area contributed by atoms with Crippen LogP contribution in [0.3, 0.4) is 0 Å². The Morgan fingerprint density at radius 2 is 1.67 bits per heavy atom. The van der Waals surface area contributed by atoms with Crippen LogP contribution in [-0.2, 0) is 7.05 Å². The molecule has 30 heavy (non-hydrogen) atoms. The van der Waals surface area contributed by atoms with E-state index < -0.39 is 22.8 Å². The number of aromatic nitrogens is 2. The van der Waals surface area contributed by atoms with Gasteiger partial charge >= 0.3 is 11.3 Å². The van der Waals surface area contributed by atoms with Gasteiger partial charge in [0.05, 0.1) is 5.69 Å². The summed E-state index contributed by atoms with van der Waals surface area (Å²) in [4.78, 5) is 50.2. The van der Waals surface area contributed by atoms with Crippen LogP contribution in [0.5, 0.6) is 0 Å². The van der Waals surface area contributed by atoms with Crippen LogP contribution in [-0.4, -0.2) is 15.0 Å². The van der Waals surface area contributed by atoms with Crippen molar-refractivity contribution in [2.75, 3.05) is 11.1 Å². The summed E-state index contributed by atoms with van der Waals surface area (Å²) < 4.78 is 7.08.